The van der Waals surface area contributed by atoms with E-state index in [1.54, 1.807) is 4.90 Å². The summed E-state index contributed by atoms with van der Waals surface area (Å²) in [5.41, 5.74) is -0.519. The van der Waals surface area contributed by atoms with Crippen molar-refractivity contribution in [2.45, 2.75) is 64.1 Å². The molecule has 0 aromatic carbocycles. The SMILES string of the molecule is CC(C)(C)OC(=O)N1CC(=O)N[C@H]2CCCC[C@@H]21. The molecule has 0 unspecified atom stereocenters. The van der Waals surface area contributed by atoms with Gasteiger partial charge in [-0.05, 0) is 33.6 Å². The van der Waals surface area contributed by atoms with Crippen LogP contribution in [0.25, 0.3) is 0 Å². The Hall–Kier alpha value is -1.26. The van der Waals surface area contributed by atoms with Gasteiger partial charge in [0.05, 0.1) is 6.04 Å². The second kappa shape index (κ2) is 4.78. The molecular formula is C13H22N2O3. The fraction of sp³-hybridized carbons (Fsp3) is 0.846. The van der Waals surface area contributed by atoms with Gasteiger partial charge in [0, 0.05) is 6.04 Å². The van der Waals surface area contributed by atoms with Crippen molar-refractivity contribution in [2.75, 3.05) is 6.54 Å². The molecule has 1 N–H and O–H groups in total. The lowest BCUT2D eigenvalue weighted by Gasteiger charge is -2.43. The number of ether oxygens (including phenoxy) is 1. The molecule has 1 saturated heterocycles. The number of rotatable bonds is 0. The third kappa shape index (κ3) is 2.94. The predicted octanol–water partition coefficient (Wildman–Crippen LogP) is 1.66. The lowest BCUT2D eigenvalue weighted by molar-refractivity contribution is -0.128. The van der Waals surface area contributed by atoms with Crippen LogP contribution in [0.1, 0.15) is 46.5 Å². The summed E-state index contributed by atoms with van der Waals surface area (Å²) >= 11 is 0. The van der Waals surface area contributed by atoms with E-state index in [-0.39, 0.29) is 30.6 Å². The number of piperazine rings is 1. The van der Waals surface area contributed by atoms with Crippen molar-refractivity contribution in [1.29, 1.82) is 0 Å². The van der Waals surface area contributed by atoms with Crippen molar-refractivity contribution >= 4 is 12.0 Å². The van der Waals surface area contributed by atoms with E-state index in [0.29, 0.717) is 0 Å². The number of carbonyl (C=O) groups excluding carboxylic acids is 2. The zero-order valence-electron chi connectivity index (χ0n) is 11.4. The van der Waals surface area contributed by atoms with Crippen molar-refractivity contribution in [2.24, 2.45) is 0 Å². The highest BCUT2D eigenvalue weighted by Gasteiger charge is 2.40. The molecule has 18 heavy (non-hydrogen) atoms. The van der Waals surface area contributed by atoms with Gasteiger partial charge in [0.2, 0.25) is 5.91 Å². The molecule has 2 rings (SSSR count). The smallest absolute Gasteiger partial charge is 0.411 e. The first-order chi connectivity index (χ1) is 8.37. The second-order valence-corrected chi connectivity index (χ2v) is 6.13. The topological polar surface area (TPSA) is 58.6 Å². The Morgan fingerprint density at radius 2 is 2.00 bits per heavy atom. The molecule has 0 spiro atoms. The standard InChI is InChI=1S/C13H22N2O3/c1-13(2,3)18-12(17)15-8-11(16)14-9-6-4-5-7-10(9)15/h9-10H,4-8H2,1-3H3,(H,14,16)/t9-,10-/m0/s1. The lowest BCUT2D eigenvalue weighted by Crippen LogP contribution is -2.63. The third-order valence-electron chi connectivity index (χ3n) is 3.42. The van der Waals surface area contributed by atoms with Crippen molar-refractivity contribution < 1.29 is 14.3 Å². The van der Waals surface area contributed by atoms with Gasteiger partial charge in [-0.15, -0.1) is 0 Å². The molecule has 1 aliphatic heterocycles. The Morgan fingerprint density at radius 3 is 2.67 bits per heavy atom. The van der Waals surface area contributed by atoms with Crippen LogP contribution in [0.3, 0.4) is 0 Å². The summed E-state index contributed by atoms with van der Waals surface area (Å²) in [6.45, 7) is 5.64. The number of hydrogen-bond donors (Lipinski definition) is 1. The summed E-state index contributed by atoms with van der Waals surface area (Å²) in [5.74, 6) is -0.0796. The number of carbonyl (C=O) groups is 2. The van der Waals surface area contributed by atoms with Crippen LogP contribution >= 0.6 is 0 Å². The van der Waals surface area contributed by atoms with E-state index in [1.165, 1.54) is 0 Å². The van der Waals surface area contributed by atoms with Crippen LogP contribution in [0, 0.1) is 0 Å². The van der Waals surface area contributed by atoms with Gasteiger partial charge in [0.15, 0.2) is 0 Å². The van der Waals surface area contributed by atoms with Crippen LogP contribution in [-0.2, 0) is 9.53 Å². The van der Waals surface area contributed by atoms with E-state index >= 15 is 0 Å². The van der Waals surface area contributed by atoms with Gasteiger partial charge >= 0.3 is 6.09 Å². The quantitative estimate of drug-likeness (QED) is 0.715. The molecule has 102 valence electrons. The maximum atomic E-state index is 12.1. The second-order valence-electron chi connectivity index (χ2n) is 6.13. The van der Waals surface area contributed by atoms with Crippen LogP contribution < -0.4 is 5.32 Å². The summed E-state index contributed by atoms with van der Waals surface area (Å²) in [5, 5.41) is 2.98. The largest absolute Gasteiger partial charge is 0.444 e. The van der Waals surface area contributed by atoms with Crippen LogP contribution in [0.15, 0.2) is 0 Å². The highest BCUT2D eigenvalue weighted by molar-refractivity contribution is 5.84. The lowest BCUT2D eigenvalue weighted by atomic mass is 9.88. The molecule has 2 atom stereocenters. The number of fused-ring (bicyclic) bond motifs is 1. The fourth-order valence-corrected chi connectivity index (χ4v) is 2.70. The first-order valence-corrected chi connectivity index (χ1v) is 6.66. The van der Waals surface area contributed by atoms with E-state index < -0.39 is 5.60 Å². The summed E-state index contributed by atoms with van der Waals surface area (Å²) in [6.07, 6.45) is 3.76. The first-order valence-electron chi connectivity index (χ1n) is 6.66. The first kappa shape index (κ1) is 13.2. The summed E-state index contributed by atoms with van der Waals surface area (Å²) in [6, 6.07) is 0.207. The Kier molecular flexibility index (Phi) is 3.50. The molecule has 1 saturated carbocycles. The highest BCUT2D eigenvalue weighted by atomic mass is 16.6. The molecule has 0 aromatic heterocycles. The molecule has 0 aromatic rings. The molecule has 2 fully saturated rings. The van der Waals surface area contributed by atoms with Crippen LogP contribution in [0.2, 0.25) is 0 Å². The zero-order chi connectivity index (χ0) is 13.3. The number of nitrogens with one attached hydrogen (secondary N) is 1. The Morgan fingerprint density at radius 1 is 1.33 bits per heavy atom. The van der Waals surface area contributed by atoms with E-state index in [0.717, 1.165) is 25.7 Å². The van der Waals surface area contributed by atoms with Crippen molar-refractivity contribution in [1.82, 2.24) is 10.2 Å². The molecule has 5 nitrogen and oxygen atoms in total. The maximum Gasteiger partial charge on any atom is 0.411 e. The average Bonchev–Trinajstić information content (AvgIpc) is 2.25. The predicted molar refractivity (Wildman–Crippen MR) is 67.1 cm³/mol. The minimum absolute atomic E-state index is 0.0796. The van der Waals surface area contributed by atoms with Gasteiger partial charge in [-0.1, -0.05) is 12.8 Å². The van der Waals surface area contributed by atoms with Gasteiger partial charge in [0.25, 0.3) is 0 Å². The van der Waals surface area contributed by atoms with E-state index in [1.807, 2.05) is 20.8 Å². The maximum absolute atomic E-state index is 12.1. The number of amides is 2. The van der Waals surface area contributed by atoms with Crippen molar-refractivity contribution in [3.8, 4) is 0 Å². The van der Waals surface area contributed by atoms with E-state index in [9.17, 15) is 9.59 Å². The van der Waals surface area contributed by atoms with Crippen LogP contribution in [0.5, 0.6) is 0 Å². The molecule has 1 heterocycles. The molecule has 0 bridgehead atoms. The molecular weight excluding hydrogens is 232 g/mol. The fourth-order valence-electron chi connectivity index (χ4n) is 2.70. The molecule has 0 radical (unpaired) electrons. The number of hydrogen-bond acceptors (Lipinski definition) is 3. The Balaban J connectivity index is 2.09. The zero-order valence-corrected chi connectivity index (χ0v) is 11.4. The summed E-state index contributed by atoms with van der Waals surface area (Å²) in [4.78, 5) is 25.4. The molecule has 5 heteroatoms. The minimum atomic E-state index is -0.519. The third-order valence-corrected chi connectivity index (χ3v) is 3.42. The normalized spacial score (nSPS) is 28.4. The van der Waals surface area contributed by atoms with E-state index in [2.05, 4.69) is 5.32 Å². The van der Waals surface area contributed by atoms with Gasteiger partial charge in [-0.25, -0.2) is 4.79 Å². The van der Waals surface area contributed by atoms with Crippen LogP contribution in [-0.4, -0.2) is 41.1 Å². The van der Waals surface area contributed by atoms with Gasteiger partial charge < -0.3 is 10.1 Å². The van der Waals surface area contributed by atoms with Crippen LogP contribution in [0.4, 0.5) is 4.79 Å². The molecule has 1 aliphatic carbocycles. The molecule has 2 amide bonds. The van der Waals surface area contributed by atoms with Gasteiger partial charge in [-0.2, -0.15) is 0 Å². The summed E-state index contributed by atoms with van der Waals surface area (Å²) < 4.78 is 5.38. The summed E-state index contributed by atoms with van der Waals surface area (Å²) in [7, 11) is 0. The number of nitrogens with zero attached hydrogens (tertiary/aromatic N) is 1. The average molecular weight is 254 g/mol. The Bertz CT molecular complexity index is 349. The van der Waals surface area contributed by atoms with Gasteiger partial charge in [0.1, 0.15) is 12.1 Å². The van der Waals surface area contributed by atoms with Crippen molar-refractivity contribution in [3.05, 3.63) is 0 Å². The monoisotopic (exact) mass is 254 g/mol. The Labute approximate surface area is 108 Å². The van der Waals surface area contributed by atoms with Gasteiger partial charge in [-0.3, -0.25) is 9.69 Å². The van der Waals surface area contributed by atoms with E-state index in [4.69, 9.17) is 4.74 Å². The minimum Gasteiger partial charge on any atom is -0.444 e. The van der Waals surface area contributed by atoms with Crippen molar-refractivity contribution in [3.63, 3.8) is 0 Å². The molecule has 2 aliphatic rings. The highest BCUT2D eigenvalue weighted by Crippen LogP contribution is 2.27.